The van der Waals surface area contributed by atoms with E-state index in [0.717, 1.165) is 0 Å². The summed E-state index contributed by atoms with van der Waals surface area (Å²) in [5.41, 5.74) is 4.38. The topological polar surface area (TPSA) is 26.0 Å². The third-order valence-electron chi connectivity index (χ3n) is 0.154. The lowest BCUT2D eigenvalue weighted by atomic mass is 10.7. The van der Waals surface area contributed by atoms with Crippen LogP contribution in [0.1, 0.15) is 0 Å². The van der Waals surface area contributed by atoms with Crippen LogP contribution in [0.4, 0.5) is 8.78 Å². The van der Waals surface area contributed by atoms with E-state index in [2.05, 4.69) is 5.73 Å². The smallest absolute Gasteiger partial charge is 0.323 e. The Kier molecular flexibility index (Phi) is 2.01. The van der Waals surface area contributed by atoms with Gasteiger partial charge in [0.1, 0.15) is 0 Å². The zero-order chi connectivity index (χ0) is 4.28. The highest BCUT2D eigenvalue weighted by Gasteiger charge is 1.95. The number of hydrogen-bond acceptors (Lipinski definition) is 1. The number of rotatable bonds is 1. The molecule has 0 amide bonds. The Morgan fingerprint density at radius 2 is 1.80 bits per heavy atom. The maximum Gasteiger partial charge on any atom is 0.323 e. The van der Waals surface area contributed by atoms with Crippen LogP contribution in [0.5, 0.6) is 0 Å². The van der Waals surface area contributed by atoms with E-state index in [-0.39, 0.29) is 0 Å². The van der Waals surface area contributed by atoms with E-state index in [0.29, 0.717) is 0 Å². The molecule has 0 saturated heterocycles. The summed E-state index contributed by atoms with van der Waals surface area (Å²) >= 11 is 0. The monoisotopic (exact) mass is 80.0 g/mol. The second-order valence-corrected chi connectivity index (χ2v) is 0.543. The first-order valence-corrected chi connectivity index (χ1v) is 1.14. The Hall–Kier alpha value is -0.180. The van der Waals surface area contributed by atoms with Gasteiger partial charge in [-0.05, 0) is 0 Å². The van der Waals surface area contributed by atoms with Crippen molar-refractivity contribution in [2.45, 2.75) is 0 Å². The van der Waals surface area contributed by atoms with E-state index < -0.39 is 13.0 Å². The Bertz CT molecular complexity index is 21.6. The summed E-state index contributed by atoms with van der Waals surface area (Å²) in [4.78, 5) is 0. The molecule has 3 heteroatoms. The van der Waals surface area contributed by atoms with Gasteiger partial charge in [-0.25, -0.2) is 0 Å². The van der Waals surface area contributed by atoms with E-state index in [1.54, 1.807) is 0 Å². The molecule has 0 aromatic rings. The van der Waals surface area contributed by atoms with Gasteiger partial charge < -0.3 is 5.73 Å². The minimum Gasteiger partial charge on any atom is -0.325 e. The standard InChI is InChI=1S/C2H4F2N/c3-2(4)1-5/h1,5H2. The minimum atomic E-state index is -1.72. The fraction of sp³-hybridized carbons (Fsp3) is 0.500. The molecule has 0 aliphatic rings. The average Bonchev–Trinajstić information content (AvgIpc) is 1.38. The lowest BCUT2D eigenvalue weighted by molar-refractivity contribution is 0.290. The van der Waals surface area contributed by atoms with Gasteiger partial charge in [-0.3, -0.25) is 0 Å². The first-order chi connectivity index (χ1) is 2.27. The van der Waals surface area contributed by atoms with Crippen molar-refractivity contribution in [1.29, 1.82) is 0 Å². The van der Waals surface area contributed by atoms with E-state index in [1.807, 2.05) is 0 Å². The Morgan fingerprint density at radius 3 is 1.80 bits per heavy atom. The minimum absolute atomic E-state index is 0.611. The Labute approximate surface area is 28.8 Å². The van der Waals surface area contributed by atoms with Gasteiger partial charge in [0.15, 0.2) is 0 Å². The molecule has 0 spiro atoms. The van der Waals surface area contributed by atoms with Gasteiger partial charge in [0.2, 0.25) is 0 Å². The number of hydrogen-bond donors (Lipinski definition) is 1. The highest BCUT2D eigenvalue weighted by molar-refractivity contribution is 4.56. The zero-order valence-electron chi connectivity index (χ0n) is 2.54. The summed E-state index contributed by atoms with van der Waals surface area (Å²) in [5.74, 6) is 0. The molecule has 0 saturated carbocycles. The summed E-state index contributed by atoms with van der Waals surface area (Å²) < 4.78 is 21.1. The van der Waals surface area contributed by atoms with Gasteiger partial charge in [0.25, 0.3) is 0 Å². The van der Waals surface area contributed by atoms with E-state index in [9.17, 15) is 8.78 Å². The number of nitrogens with two attached hydrogens (primary N) is 1. The molecular weight excluding hydrogens is 76.0 g/mol. The van der Waals surface area contributed by atoms with E-state index >= 15 is 0 Å². The first-order valence-electron chi connectivity index (χ1n) is 1.14. The van der Waals surface area contributed by atoms with Crippen molar-refractivity contribution in [3.05, 3.63) is 6.43 Å². The molecule has 0 aliphatic heterocycles. The lowest BCUT2D eigenvalue weighted by Gasteiger charge is -1.79. The van der Waals surface area contributed by atoms with Crippen LogP contribution >= 0.6 is 0 Å². The van der Waals surface area contributed by atoms with E-state index in [4.69, 9.17) is 0 Å². The van der Waals surface area contributed by atoms with Crippen LogP contribution in [0.3, 0.4) is 0 Å². The molecule has 2 N–H and O–H groups in total. The van der Waals surface area contributed by atoms with Crippen LogP contribution < -0.4 is 5.73 Å². The molecule has 1 radical (unpaired) electrons. The normalized spacial score (nSPS) is 9.60. The Morgan fingerprint density at radius 1 is 1.60 bits per heavy atom. The second kappa shape index (κ2) is 2.08. The lowest BCUT2D eigenvalue weighted by Crippen LogP contribution is -2.01. The summed E-state index contributed by atoms with van der Waals surface area (Å²) in [6, 6.07) is 0. The van der Waals surface area contributed by atoms with Crippen molar-refractivity contribution in [3.63, 3.8) is 0 Å². The molecule has 0 unspecified atom stereocenters. The van der Waals surface area contributed by atoms with E-state index in [1.165, 1.54) is 0 Å². The van der Waals surface area contributed by atoms with Crippen molar-refractivity contribution in [3.8, 4) is 0 Å². The summed E-state index contributed by atoms with van der Waals surface area (Å²) in [5, 5.41) is 0. The maximum atomic E-state index is 10.6. The summed E-state index contributed by atoms with van der Waals surface area (Å²) in [6.07, 6.45) is -1.72. The predicted molar refractivity (Wildman–Crippen MR) is 14.5 cm³/mol. The molecule has 5 heavy (non-hydrogen) atoms. The first kappa shape index (κ1) is 4.82. The van der Waals surface area contributed by atoms with Crippen LogP contribution in [0, 0.1) is 6.43 Å². The van der Waals surface area contributed by atoms with Crippen molar-refractivity contribution < 1.29 is 8.78 Å². The van der Waals surface area contributed by atoms with Crippen LogP contribution in [0.25, 0.3) is 0 Å². The van der Waals surface area contributed by atoms with Crippen molar-refractivity contribution >= 4 is 0 Å². The third kappa shape index (κ3) is 3.82. The van der Waals surface area contributed by atoms with Crippen LogP contribution in [0.15, 0.2) is 0 Å². The van der Waals surface area contributed by atoms with Gasteiger partial charge in [-0.1, -0.05) is 0 Å². The van der Waals surface area contributed by atoms with Gasteiger partial charge in [-0.2, -0.15) is 8.78 Å². The quantitative estimate of drug-likeness (QED) is 0.484. The van der Waals surface area contributed by atoms with Crippen molar-refractivity contribution in [1.82, 2.24) is 0 Å². The number of halogens is 2. The van der Waals surface area contributed by atoms with Gasteiger partial charge >= 0.3 is 6.43 Å². The molecule has 31 valence electrons. The predicted octanol–water partition coefficient (Wildman–Crippen LogP) is 0.374. The second-order valence-electron chi connectivity index (χ2n) is 0.543. The molecule has 0 heterocycles. The molecule has 0 aromatic carbocycles. The highest BCUT2D eigenvalue weighted by atomic mass is 19.3. The van der Waals surface area contributed by atoms with Crippen LogP contribution in [-0.2, 0) is 0 Å². The summed E-state index contributed by atoms with van der Waals surface area (Å²) in [7, 11) is 0. The summed E-state index contributed by atoms with van der Waals surface area (Å²) in [6.45, 7) is -0.611. The molecule has 0 fully saturated rings. The third-order valence-corrected chi connectivity index (χ3v) is 0.154. The SMILES string of the molecule is NC[C](F)F. The molecule has 0 rings (SSSR count). The molecule has 0 aromatic heterocycles. The molecule has 0 bridgehead atoms. The van der Waals surface area contributed by atoms with Gasteiger partial charge in [0, 0.05) is 0 Å². The molecule has 0 aliphatic carbocycles. The Balaban J connectivity index is 2.54. The van der Waals surface area contributed by atoms with Crippen LogP contribution in [-0.4, -0.2) is 6.54 Å². The van der Waals surface area contributed by atoms with Gasteiger partial charge in [-0.15, -0.1) is 0 Å². The maximum absolute atomic E-state index is 10.6. The van der Waals surface area contributed by atoms with Gasteiger partial charge in [0.05, 0.1) is 6.54 Å². The van der Waals surface area contributed by atoms with Crippen molar-refractivity contribution in [2.24, 2.45) is 5.73 Å². The largest absolute Gasteiger partial charge is 0.325 e. The fourth-order valence-corrected chi connectivity index (χ4v) is 0. The fourth-order valence-electron chi connectivity index (χ4n) is 0. The van der Waals surface area contributed by atoms with Crippen molar-refractivity contribution in [2.75, 3.05) is 6.54 Å². The zero-order valence-corrected chi connectivity index (χ0v) is 2.54. The average molecular weight is 80.1 g/mol. The molecule has 0 atom stereocenters. The molecular formula is C2H4F2N. The van der Waals surface area contributed by atoms with Crippen LogP contribution in [0.2, 0.25) is 0 Å². The molecule has 1 nitrogen and oxygen atoms in total. The highest BCUT2D eigenvalue weighted by Crippen LogP contribution is 1.95.